The fourth-order valence-electron chi connectivity index (χ4n) is 1.80. The molecule has 0 aliphatic heterocycles. The summed E-state index contributed by atoms with van der Waals surface area (Å²) in [4.78, 5) is 13.5. The fourth-order valence-corrected chi connectivity index (χ4v) is 1.80. The summed E-state index contributed by atoms with van der Waals surface area (Å²) >= 11 is 0. The van der Waals surface area contributed by atoms with E-state index in [2.05, 4.69) is 4.98 Å². The van der Waals surface area contributed by atoms with Crippen LogP contribution in [0.5, 0.6) is 0 Å². The summed E-state index contributed by atoms with van der Waals surface area (Å²) in [5.74, 6) is 0. The Hall–Kier alpha value is -1.84. The number of aromatic nitrogens is 1. The smallest absolute Gasteiger partial charge is 0.274 e. The van der Waals surface area contributed by atoms with Gasteiger partial charge in [-0.1, -0.05) is 0 Å². The van der Waals surface area contributed by atoms with E-state index >= 15 is 0 Å². The van der Waals surface area contributed by atoms with Gasteiger partial charge in [0, 0.05) is 22.7 Å². The van der Waals surface area contributed by atoms with Crippen molar-refractivity contribution in [3.05, 3.63) is 39.1 Å². The molecule has 0 amide bonds. The number of nitrogens with one attached hydrogen (secondary N) is 1. The first-order valence-corrected chi connectivity index (χ1v) is 4.74. The van der Waals surface area contributed by atoms with E-state index in [1.807, 2.05) is 19.9 Å². The summed E-state index contributed by atoms with van der Waals surface area (Å²) in [7, 11) is 0. The number of rotatable bonds is 1. The van der Waals surface area contributed by atoms with Crippen LogP contribution in [0.25, 0.3) is 10.9 Å². The summed E-state index contributed by atoms with van der Waals surface area (Å²) < 4.78 is 0. The lowest BCUT2D eigenvalue weighted by atomic mass is 10.1. The van der Waals surface area contributed by atoms with Gasteiger partial charge in [-0.25, -0.2) is 0 Å². The molecule has 2 rings (SSSR count). The number of hydrogen-bond donors (Lipinski definition) is 1. The predicted octanol–water partition coefficient (Wildman–Crippen LogP) is 3.00. The first kappa shape index (κ1) is 9.71. The van der Waals surface area contributed by atoms with Crippen molar-refractivity contribution in [2.24, 2.45) is 0 Å². The van der Waals surface area contributed by atoms with Crippen LogP contribution in [0.4, 0.5) is 5.69 Å². The molecule has 15 heavy (non-hydrogen) atoms. The average molecular weight is 204 g/mol. The standard InChI is InChI=1S/C11H12N2O2/c1-6-4-9-7(2)8(3)12-10(9)5-11(6)13(14)15/h4-5,12H,1-3H3. The largest absolute Gasteiger partial charge is 0.358 e. The van der Waals surface area contributed by atoms with Gasteiger partial charge in [0.2, 0.25) is 0 Å². The highest BCUT2D eigenvalue weighted by Gasteiger charge is 2.14. The normalized spacial score (nSPS) is 10.9. The summed E-state index contributed by atoms with van der Waals surface area (Å²) in [5.41, 5.74) is 3.92. The molecule has 1 heterocycles. The van der Waals surface area contributed by atoms with E-state index in [1.54, 1.807) is 13.0 Å². The summed E-state index contributed by atoms with van der Waals surface area (Å²) in [6.45, 7) is 5.75. The van der Waals surface area contributed by atoms with Crippen LogP contribution in [0.2, 0.25) is 0 Å². The zero-order valence-corrected chi connectivity index (χ0v) is 8.92. The van der Waals surface area contributed by atoms with Crippen LogP contribution in [0, 0.1) is 30.9 Å². The second-order valence-electron chi connectivity index (χ2n) is 3.82. The third-order valence-corrected chi connectivity index (χ3v) is 2.82. The first-order valence-electron chi connectivity index (χ1n) is 4.74. The van der Waals surface area contributed by atoms with E-state index < -0.39 is 0 Å². The highest BCUT2D eigenvalue weighted by molar-refractivity contribution is 5.87. The summed E-state index contributed by atoms with van der Waals surface area (Å²) in [6, 6.07) is 3.47. The van der Waals surface area contributed by atoms with Crippen molar-refractivity contribution in [2.45, 2.75) is 20.8 Å². The molecule has 0 aliphatic rings. The zero-order valence-electron chi connectivity index (χ0n) is 8.92. The molecular weight excluding hydrogens is 192 g/mol. The van der Waals surface area contributed by atoms with Crippen molar-refractivity contribution in [3.8, 4) is 0 Å². The number of hydrogen-bond acceptors (Lipinski definition) is 2. The molecule has 4 nitrogen and oxygen atoms in total. The van der Waals surface area contributed by atoms with E-state index in [9.17, 15) is 10.1 Å². The van der Waals surface area contributed by atoms with Gasteiger partial charge < -0.3 is 4.98 Å². The Morgan fingerprint density at radius 1 is 1.27 bits per heavy atom. The molecule has 0 spiro atoms. The Morgan fingerprint density at radius 2 is 1.93 bits per heavy atom. The third kappa shape index (κ3) is 1.38. The molecular formula is C11H12N2O2. The number of nitro benzene ring substituents is 1. The molecule has 2 aromatic rings. The molecule has 1 aromatic carbocycles. The molecule has 1 N–H and O–H groups in total. The minimum absolute atomic E-state index is 0.170. The average Bonchev–Trinajstić information content (AvgIpc) is 2.43. The third-order valence-electron chi connectivity index (χ3n) is 2.82. The molecule has 0 fully saturated rings. The lowest BCUT2D eigenvalue weighted by molar-refractivity contribution is -0.385. The molecule has 0 radical (unpaired) electrons. The highest BCUT2D eigenvalue weighted by Crippen LogP contribution is 2.28. The first-order chi connectivity index (χ1) is 7.00. The maximum atomic E-state index is 10.7. The monoisotopic (exact) mass is 204 g/mol. The Labute approximate surface area is 87.1 Å². The van der Waals surface area contributed by atoms with Gasteiger partial charge in [0.15, 0.2) is 0 Å². The number of benzene rings is 1. The van der Waals surface area contributed by atoms with Gasteiger partial charge in [0.25, 0.3) is 5.69 Å². The van der Waals surface area contributed by atoms with E-state index in [0.717, 1.165) is 22.2 Å². The molecule has 0 aliphatic carbocycles. The minimum Gasteiger partial charge on any atom is -0.358 e. The van der Waals surface area contributed by atoms with E-state index in [0.29, 0.717) is 5.56 Å². The predicted molar refractivity (Wildman–Crippen MR) is 59.2 cm³/mol. The van der Waals surface area contributed by atoms with Crippen LogP contribution in [0.1, 0.15) is 16.8 Å². The topological polar surface area (TPSA) is 58.9 Å². The SMILES string of the molecule is Cc1cc2c(C)c(C)[nH]c2cc1[N+](=O)[O-]. The van der Waals surface area contributed by atoms with Crippen molar-refractivity contribution in [1.82, 2.24) is 4.98 Å². The van der Waals surface area contributed by atoms with Gasteiger partial charge in [0.05, 0.1) is 10.4 Å². The van der Waals surface area contributed by atoms with Crippen molar-refractivity contribution in [2.75, 3.05) is 0 Å². The maximum absolute atomic E-state index is 10.7. The Kier molecular flexibility index (Phi) is 2.00. The second kappa shape index (κ2) is 3.08. The molecule has 1 aromatic heterocycles. The van der Waals surface area contributed by atoms with Crippen LogP contribution in [-0.2, 0) is 0 Å². The number of nitro groups is 1. The molecule has 0 bridgehead atoms. The molecule has 4 heteroatoms. The van der Waals surface area contributed by atoms with Gasteiger partial charge in [0.1, 0.15) is 0 Å². The summed E-state index contributed by atoms with van der Waals surface area (Å²) in [5, 5.41) is 11.8. The van der Waals surface area contributed by atoms with E-state index in [-0.39, 0.29) is 10.6 Å². The van der Waals surface area contributed by atoms with E-state index in [1.165, 1.54) is 0 Å². The number of fused-ring (bicyclic) bond motifs is 1. The number of aromatic amines is 1. The van der Waals surface area contributed by atoms with Crippen molar-refractivity contribution < 1.29 is 4.92 Å². The van der Waals surface area contributed by atoms with E-state index in [4.69, 9.17) is 0 Å². The number of nitrogens with zero attached hydrogens (tertiary/aromatic N) is 1. The van der Waals surface area contributed by atoms with Crippen LogP contribution in [0.15, 0.2) is 12.1 Å². The molecule has 0 atom stereocenters. The van der Waals surface area contributed by atoms with Crippen LogP contribution < -0.4 is 0 Å². The van der Waals surface area contributed by atoms with Gasteiger partial charge in [-0.2, -0.15) is 0 Å². The molecule has 0 unspecified atom stereocenters. The second-order valence-corrected chi connectivity index (χ2v) is 3.82. The van der Waals surface area contributed by atoms with Crippen molar-refractivity contribution >= 4 is 16.6 Å². The maximum Gasteiger partial charge on any atom is 0.274 e. The Balaban J connectivity index is 2.82. The van der Waals surface area contributed by atoms with Crippen LogP contribution in [0.3, 0.4) is 0 Å². The quantitative estimate of drug-likeness (QED) is 0.573. The van der Waals surface area contributed by atoms with Crippen LogP contribution >= 0.6 is 0 Å². The van der Waals surface area contributed by atoms with Crippen molar-refractivity contribution in [1.29, 1.82) is 0 Å². The Morgan fingerprint density at radius 3 is 2.53 bits per heavy atom. The molecule has 0 saturated carbocycles. The Bertz CT molecular complexity index is 555. The lowest BCUT2D eigenvalue weighted by Crippen LogP contribution is -1.91. The summed E-state index contributed by atoms with van der Waals surface area (Å²) in [6.07, 6.45) is 0. The van der Waals surface area contributed by atoms with Crippen LogP contribution in [-0.4, -0.2) is 9.91 Å². The fraction of sp³-hybridized carbons (Fsp3) is 0.273. The highest BCUT2D eigenvalue weighted by atomic mass is 16.6. The van der Waals surface area contributed by atoms with Gasteiger partial charge in [-0.15, -0.1) is 0 Å². The molecule has 0 saturated heterocycles. The minimum atomic E-state index is -0.347. The number of aryl methyl sites for hydroxylation is 3. The lowest BCUT2D eigenvalue weighted by Gasteiger charge is -1.97. The number of H-pyrrole nitrogens is 1. The van der Waals surface area contributed by atoms with Gasteiger partial charge in [-0.05, 0) is 32.4 Å². The van der Waals surface area contributed by atoms with Gasteiger partial charge >= 0.3 is 0 Å². The van der Waals surface area contributed by atoms with Crippen molar-refractivity contribution in [3.63, 3.8) is 0 Å². The van der Waals surface area contributed by atoms with Gasteiger partial charge in [-0.3, -0.25) is 10.1 Å². The zero-order chi connectivity index (χ0) is 11.2. The molecule has 78 valence electrons.